The van der Waals surface area contributed by atoms with E-state index in [9.17, 15) is 8.42 Å². The number of nitrogens with zero attached hydrogens (tertiary/aromatic N) is 1. The number of pyridine rings is 1. The quantitative estimate of drug-likeness (QED) is 0.741. The summed E-state index contributed by atoms with van der Waals surface area (Å²) in [6.45, 7) is 3.90. The first-order valence-corrected chi connectivity index (χ1v) is 9.11. The molecule has 0 radical (unpaired) electrons. The van der Waals surface area contributed by atoms with E-state index in [1.165, 1.54) is 0 Å². The summed E-state index contributed by atoms with van der Waals surface area (Å²) >= 11 is 0. The number of hydrogen-bond acceptors (Lipinski definition) is 2. The maximum Gasteiger partial charge on any atom is 0.262 e. The molecule has 0 atom stereocenters. The third kappa shape index (κ3) is 3.46. The van der Waals surface area contributed by atoms with E-state index in [1.54, 1.807) is 30.3 Å². The van der Waals surface area contributed by atoms with Crippen LogP contribution in [0.3, 0.4) is 0 Å². The smallest absolute Gasteiger partial charge is 0.262 e. The first-order chi connectivity index (χ1) is 11.5. The van der Waals surface area contributed by atoms with Gasteiger partial charge in [-0.05, 0) is 37.6 Å². The molecule has 0 aliphatic rings. The van der Waals surface area contributed by atoms with Crippen LogP contribution in [0.2, 0.25) is 0 Å². The number of nitrogens with one attached hydrogen (secondary N) is 1. The molecule has 122 valence electrons. The molecule has 0 saturated carbocycles. The van der Waals surface area contributed by atoms with Gasteiger partial charge in [0.2, 0.25) is 5.69 Å². The molecular weight excluding hydrogens is 320 g/mol. The van der Waals surface area contributed by atoms with Gasteiger partial charge in [-0.25, -0.2) is 8.42 Å². The molecule has 0 bridgehead atoms. The van der Waals surface area contributed by atoms with Gasteiger partial charge in [-0.1, -0.05) is 29.8 Å². The van der Waals surface area contributed by atoms with Crippen LogP contribution in [0.4, 0.5) is 5.69 Å². The Labute approximate surface area is 142 Å². The van der Waals surface area contributed by atoms with E-state index < -0.39 is 10.0 Å². The van der Waals surface area contributed by atoms with Crippen LogP contribution in [0.1, 0.15) is 11.1 Å². The molecule has 0 saturated heterocycles. The van der Waals surface area contributed by atoms with Crippen LogP contribution in [-0.2, 0) is 10.0 Å². The molecule has 0 aliphatic heterocycles. The fourth-order valence-corrected chi connectivity index (χ4v) is 3.50. The van der Waals surface area contributed by atoms with Crippen molar-refractivity contribution in [2.24, 2.45) is 0 Å². The minimum absolute atomic E-state index is 0.248. The number of sulfonamides is 1. The van der Waals surface area contributed by atoms with Crippen LogP contribution in [0, 0.1) is 13.8 Å². The van der Waals surface area contributed by atoms with Crippen molar-refractivity contribution in [3.05, 3.63) is 84.2 Å². The molecule has 3 aromatic rings. The number of benzene rings is 2. The van der Waals surface area contributed by atoms with E-state index in [1.807, 2.05) is 61.1 Å². The van der Waals surface area contributed by atoms with Crippen molar-refractivity contribution in [2.75, 3.05) is 4.72 Å². The van der Waals surface area contributed by atoms with Gasteiger partial charge in [0.15, 0.2) is 12.4 Å². The Hall–Kier alpha value is -2.66. The Morgan fingerprint density at radius 2 is 1.46 bits per heavy atom. The van der Waals surface area contributed by atoms with Crippen LogP contribution in [-0.4, -0.2) is 8.42 Å². The lowest BCUT2D eigenvalue weighted by Crippen LogP contribution is -2.31. The van der Waals surface area contributed by atoms with E-state index >= 15 is 0 Å². The van der Waals surface area contributed by atoms with Crippen LogP contribution < -0.4 is 9.29 Å². The molecule has 0 aliphatic carbocycles. The summed E-state index contributed by atoms with van der Waals surface area (Å²) in [5.74, 6) is 0. The summed E-state index contributed by atoms with van der Waals surface area (Å²) in [5.41, 5.74) is 3.40. The summed E-state index contributed by atoms with van der Waals surface area (Å²) in [6, 6.07) is 18.2. The Bertz CT molecular complexity index is 950. The van der Waals surface area contributed by atoms with Crippen LogP contribution in [0.5, 0.6) is 0 Å². The molecular formula is C19H19N2O2S+. The van der Waals surface area contributed by atoms with Gasteiger partial charge >= 0.3 is 0 Å². The van der Waals surface area contributed by atoms with Crippen molar-refractivity contribution in [3.63, 3.8) is 0 Å². The third-order valence-electron chi connectivity index (χ3n) is 3.72. The first-order valence-electron chi connectivity index (χ1n) is 7.62. The zero-order valence-corrected chi connectivity index (χ0v) is 14.4. The van der Waals surface area contributed by atoms with E-state index in [-0.39, 0.29) is 4.90 Å². The molecule has 0 amide bonds. The maximum atomic E-state index is 12.7. The predicted molar refractivity (Wildman–Crippen MR) is 94.7 cm³/mol. The van der Waals surface area contributed by atoms with Gasteiger partial charge in [-0.2, -0.15) is 4.57 Å². The molecule has 1 heterocycles. The standard InChI is InChI=1S/C19H19N2O2S/c1-15-6-9-17(10-7-15)24(22,23)20-18-11-8-16(2)14-19(18)21-12-4-3-5-13-21/h3-14,20H,1-2H3/q+1. The zero-order valence-electron chi connectivity index (χ0n) is 13.6. The Morgan fingerprint density at radius 3 is 2.12 bits per heavy atom. The fourth-order valence-electron chi connectivity index (χ4n) is 2.42. The first kappa shape index (κ1) is 16.2. The molecule has 0 fully saturated rings. The summed E-state index contributed by atoms with van der Waals surface area (Å²) in [7, 11) is -3.64. The number of hydrogen-bond donors (Lipinski definition) is 1. The Balaban J connectivity index is 2.03. The van der Waals surface area contributed by atoms with Gasteiger partial charge in [-0.3, -0.25) is 4.72 Å². The number of anilines is 1. The van der Waals surface area contributed by atoms with Gasteiger partial charge in [0, 0.05) is 18.2 Å². The zero-order chi connectivity index (χ0) is 17.2. The molecule has 24 heavy (non-hydrogen) atoms. The van der Waals surface area contributed by atoms with Crippen molar-refractivity contribution in [2.45, 2.75) is 18.7 Å². The number of aromatic nitrogens is 1. The number of aryl methyl sites for hydroxylation is 2. The SMILES string of the molecule is Cc1ccc(S(=O)(=O)Nc2ccc(C)cc2-[n+]2ccccc2)cc1. The predicted octanol–water partition coefficient (Wildman–Crippen LogP) is 3.38. The highest BCUT2D eigenvalue weighted by Gasteiger charge is 2.19. The summed E-state index contributed by atoms with van der Waals surface area (Å²) in [6.07, 6.45) is 3.77. The van der Waals surface area contributed by atoms with E-state index in [0.717, 1.165) is 16.8 Å². The minimum Gasteiger partial charge on any atom is -0.273 e. The van der Waals surface area contributed by atoms with Gasteiger partial charge in [0.1, 0.15) is 5.69 Å². The minimum atomic E-state index is -3.64. The lowest BCUT2D eigenvalue weighted by atomic mass is 10.2. The fraction of sp³-hybridized carbons (Fsp3) is 0.105. The molecule has 1 N–H and O–H groups in total. The topological polar surface area (TPSA) is 50.1 Å². The van der Waals surface area contributed by atoms with Crippen LogP contribution >= 0.6 is 0 Å². The number of rotatable bonds is 4. The lowest BCUT2D eigenvalue weighted by Gasteiger charge is -2.10. The highest BCUT2D eigenvalue weighted by Crippen LogP contribution is 2.21. The van der Waals surface area contributed by atoms with Gasteiger partial charge in [0.25, 0.3) is 10.0 Å². The summed E-state index contributed by atoms with van der Waals surface area (Å²) in [4.78, 5) is 0.248. The molecule has 5 heteroatoms. The van der Waals surface area contributed by atoms with Crippen LogP contribution in [0.15, 0.2) is 78.0 Å². The van der Waals surface area contributed by atoms with Crippen molar-refractivity contribution >= 4 is 15.7 Å². The van der Waals surface area contributed by atoms with E-state index in [0.29, 0.717) is 5.69 Å². The second-order valence-electron chi connectivity index (χ2n) is 5.72. The van der Waals surface area contributed by atoms with Crippen molar-refractivity contribution in [1.29, 1.82) is 0 Å². The van der Waals surface area contributed by atoms with E-state index in [4.69, 9.17) is 0 Å². The third-order valence-corrected chi connectivity index (χ3v) is 5.10. The summed E-state index contributed by atoms with van der Waals surface area (Å²) in [5, 5.41) is 0. The second kappa shape index (κ2) is 6.45. The Morgan fingerprint density at radius 1 is 0.833 bits per heavy atom. The molecule has 0 unspecified atom stereocenters. The van der Waals surface area contributed by atoms with Crippen molar-refractivity contribution < 1.29 is 13.0 Å². The average Bonchev–Trinajstić information content (AvgIpc) is 2.57. The monoisotopic (exact) mass is 339 g/mol. The molecule has 4 nitrogen and oxygen atoms in total. The maximum absolute atomic E-state index is 12.7. The second-order valence-corrected chi connectivity index (χ2v) is 7.40. The molecule has 0 spiro atoms. The van der Waals surface area contributed by atoms with Crippen molar-refractivity contribution in [3.8, 4) is 5.69 Å². The van der Waals surface area contributed by atoms with Gasteiger partial charge in [0.05, 0.1) is 4.90 Å². The molecule has 2 aromatic carbocycles. The highest BCUT2D eigenvalue weighted by atomic mass is 32.2. The molecule has 3 rings (SSSR count). The highest BCUT2D eigenvalue weighted by molar-refractivity contribution is 7.92. The lowest BCUT2D eigenvalue weighted by molar-refractivity contribution is -0.594. The van der Waals surface area contributed by atoms with E-state index in [2.05, 4.69) is 4.72 Å². The summed E-state index contributed by atoms with van der Waals surface area (Å²) < 4.78 is 29.9. The normalized spacial score (nSPS) is 11.2. The van der Waals surface area contributed by atoms with Gasteiger partial charge in [-0.15, -0.1) is 0 Å². The van der Waals surface area contributed by atoms with Gasteiger partial charge < -0.3 is 0 Å². The average molecular weight is 339 g/mol. The van der Waals surface area contributed by atoms with Crippen molar-refractivity contribution in [1.82, 2.24) is 0 Å². The molecule has 1 aromatic heterocycles. The largest absolute Gasteiger partial charge is 0.273 e. The van der Waals surface area contributed by atoms with Crippen LogP contribution in [0.25, 0.3) is 5.69 Å². The Kier molecular flexibility index (Phi) is 4.36.